The van der Waals surface area contributed by atoms with Gasteiger partial charge in [0.1, 0.15) is 12.2 Å². The average Bonchev–Trinajstić information content (AvgIpc) is 2.96. The molecule has 5 heteroatoms. The standard InChI is InChI=1S/C12H16O5/c1-3-5-7-6(4(2)14-5)8-10-11(9(7)15-8)17-12(13)16-10/h4-11H,3H2,1-2H3. The van der Waals surface area contributed by atoms with E-state index in [1.807, 2.05) is 0 Å². The lowest BCUT2D eigenvalue weighted by atomic mass is 9.73. The van der Waals surface area contributed by atoms with Gasteiger partial charge in [0.25, 0.3) is 0 Å². The molecule has 4 aliphatic rings. The zero-order chi connectivity index (χ0) is 11.7. The van der Waals surface area contributed by atoms with E-state index in [1.54, 1.807) is 0 Å². The summed E-state index contributed by atoms with van der Waals surface area (Å²) in [6.45, 7) is 4.21. The van der Waals surface area contributed by atoms with E-state index >= 15 is 0 Å². The lowest BCUT2D eigenvalue weighted by molar-refractivity contribution is -0.0489. The van der Waals surface area contributed by atoms with Crippen molar-refractivity contribution in [2.45, 2.75) is 56.9 Å². The van der Waals surface area contributed by atoms with Gasteiger partial charge in [0.15, 0.2) is 12.2 Å². The molecular formula is C12H16O5. The van der Waals surface area contributed by atoms with E-state index < -0.39 is 6.16 Å². The van der Waals surface area contributed by atoms with Crippen LogP contribution < -0.4 is 0 Å². The Kier molecular flexibility index (Phi) is 1.88. The highest BCUT2D eigenvalue weighted by atomic mass is 16.8. The maximum atomic E-state index is 11.2. The number of ether oxygens (including phenoxy) is 4. The third kappa shape index (κ3) is 1.09. The monoisotopic (exact) mass is 240 g/mol. The van der Waals surface area contributed by atoms with Crippen LogP contribution in [0.1, 0.15) is 20.3 Å². The molecular weight excluding hydrogens is 224 g/mol. The topological polar surface area (TPSA) is 54.0 Å². The predicted octanol–water partition coefficient (Wildman–Crippen LogP) is 1.10. The molecule has 0 amide bonds. The van der Waals surface area contributed by atoms with Gasteiger partial charge in [-0.25, -0.2) is 4.79 Å². The molecule has 4 heterocycles. The lowest BCUT2D eigenvalue weighted by Crippen LogP contribution is -2.47. The van der Waals surface area contributed by atoms with Crippen LogP contribution in [0, 0.1) is 11.8 Å². The summed E-state index contributed by atoms with van der Waals surface area (Å²) in [5.41, 5.74) is 0. The third-order valence-electron chi connectivity index (χ3n) is 4.72. The fourth-order valence-electron chi connectivity index (χ4n) is 4.15. The smallest absolute Gasteiger partial charge is 0.424 e. The maximum Gasteiger partial charge on any atom is 0.509 e. The Morgan fingerprint density at radius 2 is 1.65 bits per heavy atom. The first-order valence-corrected chi connectivity index (χ1v) is 6.39. The fourth-order valence-corrected chi connectivity index (χ4v) is 4.15. The molecule has 17 heavy (non-hydrogen) atoms. The van der Waals surface area contributed by atoms with Gasteiger partial charge in [-0.05, 0) is 13.3 Å². The van der Waals surface area contributed by atoms with Gasteiger partial charge in [-0.1, -0.05) is 6.92 Å². The number of carbonyl (C=O) groups excluding carboxylic acids is 1. The molecule has 0 aromatic rings. The molecule has 0 spiro atoms. The van der Waals surface area contributed by atoms with Gasteiger partial charge in [0, 0.05) is 11.8 Å². The Labute approximate surface area is 99.3 Å². The van der Waals surface area contributed by atoms with Gasteiger partial charge in [-0.2, -0.15) is 0 Å². The number of hydrogen-bond acceptors (Lipinski definition) is 5. The molecule has 5 nitrogen and oxygen atoms in total. The number of rotatable bonds is 1. The first-order chi connectivity index (χ1) is 8.20. The van der Waals surface area contributed by atoms with Crippen molar-refractivity contribution in [3.05, 3.63) is 0 Å². The average molecular weight is 240 g/mol. The highest BCUT2D eigenvalue weighted by Crippen LogP contribution is 2.55. The lowest BCUT2D eigenvalue weighted by Gasteiger charge is -2.29. The molecule has 8 unspecified atom stereocenters. The number of hydrogen-bond donors (Lipinski definition) is 0. The SMILES string of the molecule is CCC1OC(C)C2C3OC(C4OC(=O)OC43)C12. The van der Waals surface area contributed by atoms with E-state index in [4.69, 9.17) is 18.9 Å². The molecule has 0 radical (unpaired) electrons. The Hall–Kier alpha value is -0.810. The van der Waals surface area contributed by atoms with E-state index in [9.17, 15) is 4.79 Å². The van der Waals surface area contributed by atoms with Crippen LogP contribution in [0.3, 0.4) is 0 Å². The van der Waals surface area contributed by atoms with Gasteiger partial charge in [0.05, 0.1) is 12.2 Å². The number of carbonyl (C=O) groups is 1. The molecule has 0 aliphatic carbocycles. The van der Waals surface area contributed by atoms with Crippen LogP contribution >= 0.6 is 0 Å². The van der Waals surface area contributed by atoms with Gasteiger partial charge in [0.2, 0.25) is 0 Å². The molecule has 0 aromatic carbocycles. The van der Waals surface area contributed by atoms with Crippen LogP contribution in [-0.2, 0) is 18.9 Å². The van der Waals surface area contributed by atoms with Crippen LogP contribution in [0.2, 0.25) is 0 Å². The normalized spacial score (nSPS) is 58.8. The summed E-state index contributed by atoms with van der Waals surface area (Å²) in [5, 5.41) is 0. The van der Waals surface area contributed by atoms with Crippen LogP contribution in [0.25, 0.3) is 0 Å². The van der Waals surface area contributed by atoms with Crippen molar-refractivity contribution in [2.24, 2.45) is 11.8 Å². The molecule has 4 aliphatic heterocycles. The first-order valence-electron chi connectivity index (χ1n) is 6.39. The zero-order valence-electron chi connectivity index (χ0n) is 9.87. The quantitative estimate of drug-likeness (QED) is 0.642. The van der Waals surface area contributed by atoms with Crippen molar-refractivity contribution in [3.63, 3.8) is 0 Å². The summed E-state index contributed by atoms with van der Waals surface area (Å²) >= 11 is 0. The fraction of sp³-hybridized carbons (Fsp3) is 0.917. The molecule has 0 aromatic heterocycles. The van der Waals surface area contributed by atoms with Crippen molar-refractivity contribution in [1.82, 2.24) is 0 Å². The summed E-state index contributed by atoms with van der Waals surface area (Å²) < 4.78 is 22.4. The Morgan fingerprint density at radius 3 is 2.29 bits per heavy atom. The molecule has 4 rings (SSSR count). The minimum absolute atomic E-state index is 0.0312. The Bertz CT molecular complexity index is 370. The summed E-state index contributed by atoms with van der Waals surface area (Å²) in [6.07, 6.45) is 0.353. The Morgan fingerprint density at radius 1 is 1.00 bits per heavy atom. The van der Waals surface area contributed by atoms with E-state index in [1.165, 1.54) is 0 Å². The second-order valence-corrected chi connectivity index (χ2v) is 5.42. The minimum Gasteiger partial charge on any atom is -0.424 e. The van der Waals surface area contributed by atoms with Crippen molar-refractivity contribution in [3.8, 4) is 0 Å². The van der Waals surface area contributed by atoms with Gasteiger partial charge in [-0.15, -0.1) is 0 Å². The van der Waals surface area contributed by atoms with Crippen LogP contribution in [0.4, 0.5) is 4.79 Å². The molecule has 0 N–H and O–H groups in total. The van der Waals surface area contributed by atoms with Crippen molar-refractivity contribution in [2.75, 3.05) is 0 Å². The van der Waals surface area contributed by atoms with E-state index in [2.05, 4.69) is 13.8 Å². The summed E-state index contributed by atoms with van der Waals surface area (Å²) in [5.74, 6) is 0.705. The Balaban J connectivity index is 1.68. The first kappa shape index (κ1) is 10.1. The third-order valence-corrected chi connectivity index (χ3v) is 4.72. The zero-order valence-corrected chi connectivity index (χ0v) is 9.87. The molecule has 4 fully saturated rings. The second-order valence-electron chi connectivity index (χ2n) is 5.42. The van der Waals surface area contributed by atoms with E-state index in [-0.39, 0.29) is 36.6 Å². The highest BCUT2D eigenvalue weighted by Gasteiger charge is 2.70. The van der Waals surface area contributed by atoms with Crippen LogP contribution in [0.5, 0.6) is 0 Å². The van der Waals surface area contributed by atoms with Crippen LogP contribution in [0.15, 0.2) is 0 Å². The van der Waals surface area contributed by atoms with Gasteiger partial charge >= 0.3 is 6.16 Å². The van der Waals surface area contributed by atoms with E-state index in [0.29, 0.717) is 11.8 Å². The maximum absolute atomic E-state index is 11.2. The minimum atomic E-state index is -0.542. The number of fused-ring (bicyclic) bond motifs is 8. The van der Waals surface area contributed by atoms with E-state index in [0.717, 1.165) is 6.42 Å². The summed E-state index contributed by atoms with van der Waals surface area (Å²) in [7, 11) is 0. The van der Waals surface area contributed by atoms with Crippen molar-refractivity contribution < 1.29 is 23.7 Å². The van der Waals surface area contributed by atoms with Crippen molar-refractivity contribution in [1.29, 1.82) is 0 Å². The summed E-state index contributed by atoms with van der Waals surface area (Å²) in [4.78, 5) is 11.2. The van der Waals surface area contributed by atoms with Crippen LogP contribution in [-0.4, -0.2) is 42.8 Å². The summed E-state index contributed by atoms with van der Waals surface area (Å²) in [6, 6.07) is 0. The van der Waals surface area contributed by atoms with Gasteiger partial charge < -0.3 is 18.9 Å². The molecule has 2 bridgehead atoms. The van der Waals surface area contributed by atoms with Gasteiger partial charge in [-0.3, -0.25) is 0 Å². The highest BCUT2D eigenvalue weighted by molar-refractivity contribution is 5.63. The predicted molar refractivity (Wildman–Crippen MR) is 55.4 cm³/mol. The second kappa shape index (κ2) is 3.14. The molecule has 0 saturated carbocycles. The van der Waals surface area contributed by atoms with Crippen molar-refractivity contribution >= 4 is 6.16 Å². The molecule has 4 saturated heterocycles. The largest absolute Gasteiger partial charge is 0.509 e. The molecule has 94 valence electrons. The molecule has 8 atom stereocenters.